The zero-order chi connectivity index (χ0) is 18.8. The number of nitrogens with one attached hydrogen (secondary N) is 1. The molecule has 1 aliphatic carbocycles. The summed E-state index contributed by atoms with van der Waals surface area (Å²) < 4.78 is 3.70. The lowest BCUT2D eigenvalue weighted by Gasteiger charge is -2.25. The molecule has 0 saturated heterocycles. The van der Waals surface area contributed by atoms with Gasteiger partial charge in [0.2, 0.25) is 0 Å². The minimum absolute atomic E-state index is 0.204. The van der Waals surface area contributed by atoms with E-state index in [1.807, 2.05) is 40.7 Å². The number of hydrogen-bond acceptors (Lipinski definition) is 4. The minimum atomic E-state index is -0.942. The van der Waals surface area contributed by atoms with Crippen LogP contribution in [0.4, 0.5) is 0 Å². The van der Waals surface area contributed by atoms with Gasteiger partial charge in [-0.3, -0.25) is 4.68 Å². The molecule has 7 heteroatoms. The Labute approximate surface area is 157 Å². The number of aromatic nitrogens is 4. The van der Waals surface area contributed by atoms with Gasteiger partial charge in [0.15, 0.2) is 5.69 Å². The Morgan fingerprint density at radius 2 is 2.19 bits per heavy atom. The first-order valence-corrected chi connectivity index (χ1v) is 9.30. The fourth-order valence-corrected chi connectivity index (χ4v) is 3.84. The van der Waals surface area contributed by atoms with E-state index in [2.05, 4.69) is 27.6 Å². The van der Waals surface area contributed by atoms with Gasteiger partial charge in [0, 0.05) is 42.8 Å². The van der Waals surface area contributed by atoms with Crippen LogP contribution in [0.1, 0.15) is 40.7 Å². The molecular formula is C20H23N5O2. The van der Waals surface area contributed by atoms with Crippen LogP contribution >= 0.6 is 0 Å². The number of aromatic carboxylic acids is 1. The van der Waals surface area contributed by atoms with Crippen LogP contribution in [-0.2, 0) is 25.9 Å². The van der Waals surface area contributed by atoms with Gasteiger partial charge < -0.3 is 10.4 Å². The van der Waals surface area contributed by atoms with Crippen molar-refractivity contribution >= 4 is 5.97 Å². The summed E-state index contributed by atoms with van der Waals surface area (Å²) in [6, 6.07) is 10.3. The van der Waals surface area contributed by atoms with Gasteiger partial charge in [-0.25, -0.2) is 9.48 Å². The Bertz CT molecular complexity index is 945. The number of rotatable bonds is 6. The van der Waals surface area contributed by atoms with E-state index in [4.69, 9.17) is 0 Å². The van der Waals surface area contributed by atoms with E-state index >= 15 is 0 Å². The molecule has 0 fully saturated rings. The Hall–Kier alpha value is -2.93. The third kappa shape index (κ3) is 3.38. The van der Waals surface area contributed by atoms with Crippen molar-refractivity contribution in [2.45, 2.75) is 45.3 Å². The highest BCUT2D eigenvalue weighted by Crippen LogP contribution is 2.25. The molecule has 1 atom stereocenters. The van der Waals surface area contributed by atoms with Gasteiger partial charge in [0.1, 0.15) is 0 Å². The Kier molecular flexibility index (Phi) is 4.77. The molecule has 2 heterocycles. The molecule has 0 aliphatic heterocycles. The summed E-state index contributed by atoms with van der Waals surface area (Å²) in [5.41, 5.74) is 4.37. The van der Waals surface area contributed by atoms with E-state index in [-0.39, 0.29) is 11.7 Å². The fourth-order valence-electron chi connectivity index (χ4n) is 3.84. The average Bonchev–Trinajstić information content (AvgIpc) is 3.34. The topological polar surface area (TPSA) is 85.0 Å². The predicted molar refractivity (Wildman–Crippen MR) is 101 cm³/mol. The van der Waals surface area contributed by atoms with Gasteiger partial charge in [-0.2, -0.15) is 10.2 Å². The van der Waals surface area contributed by atoms with Crippen molar-refractivity contribution in [2.75, 3.05) is 0 Å². The number of carbonyl (C=O) groups is 1. The third-order valence-electron chi connectivity index (χ3n) is 5.17. The second-order valence-electron chi connectivity index (χ2n) is 6.79. The van der Waals surface area contributed by atoms with Crippen LogP contribution in [-0.4, -0.2) is 36.7 Å². The number of fused-ring (bicyclic) bond motifs is 1. The molecule has 27 heavy (non-hydrogen) atoms. The molecule has 140 valence electrons. The first kappa shape index (κ1) is 17.5. The number of hydrogen-bond donors (Lipinski definition) is 2. The highest BCUT2D eigenvalue weighted by molar-refractivity contribution is 5.87. The average molecular weight is 365 g/mol. The maximum Gasteiger partial charge on any atom is 0.356 e. The highest BCUT2D eigenvalue weighted by Gasteiger charge is 2.28. The molecule has 0 bridgehead atoms. The molecule has 1 aromatic carbocycles. The Morgan fingerprint density at radius 3 is 2.93 bits per heavy atom. The molecule has 2 aromatic heterocycles. The highest BCUT2D eigenvalue weighted by atomic mass is 16.4. The normalized spacial score (nSPS) is 16.3. The van der Waals surface area contributed by atoms with Crippen molar-refractivity contribution in [1.82, 2.24) is 24.9 Å². The largest absolute Gasteiger partial charge is 0.476 e. The van der Waals surface area contributed by atoms with Gasteiger partial charge in [-0.1, -0.05) is 18.2 Å². The summed E-state index contributed by atoms with van der Waals surface area (Å²) in [6.45, 7) is 3.40. The van der Waals surface area contributed by atoms with Crippen LogP contribution in [0.15, 0.2) is 42.7 Å². The van der Waals surface area contributed by atoms with Gasteiger partial charge in [-0.05, 0) is 43.9 Å². The molecule has 2 N–H and O–H groups in total. The van der Waals surface area contributed by atoms with Crippen molar-refractivity contribution in [3.63, 3.8) is 0 Å². The number of nitrogens with zero attached hydrogens (tertiary/aromatic N) is 4. The maximum absolute atomic E-state index is 11.6. The Balaban J connectivity index is 1.51. The van der Waals surface area contributed by atoms with Crippen molar-refractivity contribution < 1.29 is 9.90 Å². The minimum Gasteiger partial charge on any atom is -0.476 e. The van der Waals surface area contributed by atoms with Crippen LogP contribution in [0.25, 0.3) is 5.69 Å². The maximum atomic E-state index is 11.6. The lowest BCUT2D eigenvalue weighted by atomic mass is 9.91. The number of aryl methyl sites for hydroxylation is 1. The lowest BCUT2D eigenvalue weighted by Crippen LogP contribution is -2.35. The van der Waals surface area contributed by atoms with Gasteiger partial charge in [0.25, 0.3) is 0 Å². The predicted octanol–water partition coefficient (Wildman–Crippen LogP) is 2.43. The lowest BCUT2D eigenvalue weighted by molar-refractivity contribution is 0.0688. The van der Waals surface area contributed by atoms with Gasteiger partial charge >= 0.3 is 5.97 Å². The quantitative estimate of drug-likeness (QED) is 0.701. The number of carboxylic acid groups (broad SMARTS) is 1. The summed E-state index contributed by atoms with van der Waals surface area (Å²) in [4.78, 5) is 11.6. The van der Waals surface area contributed by atoms with E-state index in [9.17, 15) is 9.90 Å². The monoisotopic (exact) mass is 365 g/mol. The third-order valence-corrected chi connectivity index (χ3v) is 5.17. The van der Waals surface area contributed by atoms with E-state index < -0.39 is 5.97 Å². The first-order valence-electron chi connectivity index (χ1n) is 9.30. The summed E-state index contributed by atoms with van der Waals surface area (Å²) in [5.74, 6) is -0.942. The second-order valence-corrected chi connectivity index (χ2v) is 6.79. The molecule has 3 aromatic rings. The van der Waals surface area contributed by atoms with E-state index in [0.29, 0.717) is 19.5 Å². The molecule has 0 unspecified atom stereocenters. The van der Waals surface area contributed by atoms with E-state index in [1.54, 1.807) is 6.20 Å². The molecule has 7 nitrogen and oxygen atoms in total. The van der Waals surface area contributed by atoms with Crippen LogP contribution < -0.4 is 5.32 Å². The molecule has 1 aliphatic rings. The van der Waals surface area contributed by atoms with Crippen LogP contribution in [0.2, 0.25) is 0 Å². The first-order chi connectivity index (χ1) is 13.2. The summed E-state index contributed by atoms with van der Waals surface area (Å²) >= 11 is 0. The number of carboxylic acids is 1. The number of para-hydroxylation sites is 1. The van der Waals surface area contributed by atoms with Crippen molar-refractivity contribution in [1.29, 1.82) is 0 Å². The van der Waals surface area contributed by atoms with Gasteiger partial charge in [-0.15, -0.1) is 0 Å². The molecule has 0 spiro atoms. The van der Waals surface area contributed by atoms with E-state index in [0.717, 1.165) is 35.3 Å². The fraction of sp³-hybridized carbons (Fsp3) is 0.350. The smallest absolute Gasteiger partial charge is 0.356 e. The second kappa shape index (κ2) is 7.36. The van der Waals surface area contributed by atoms with Crippen LogP contribution in [0, 0.1) is 0 Å². The van der Waals surface area contributed by atoms with Crippen LogP contribution in [0.3, 0.4) is 0 Å². The Morgan fingerprint density at radius 1 is 1.33 bits per heavy atom. The zero-order valence-electron chi connectivity index (χ0n) is 15.3. The molecule has 0 amide bonds. The molecule has 0 saturated carbocycles. The van der Waals surface area contributed by atoms with E-state index in [1.165, 1.54) is 0 Å². The summed E-state index contributed by atoms with van der Waals surface area (Å²) in [5, 5.41) is 21.7. The van der Waals surface area contributed by atoms with Gasteiger partial charge in [0.05, 0.1) is 5.69 Å². The van der Waals surface area contributed by atoms with Crippen molar-refractivity contribution in [3.8, 4) is 5.69 Å². The standard InChI is InChI=1S/C20H23N5O2/c1-2-24-18-9-8-15(12-16(18)19(23-24)20(26)27)21-13-14-6-3-4-7-17(14)25-11-5-10-22-25/h3-7,10-11,15,21H,2,8-9,12-13H2,1H3,(H,26,27)/t15-/m1/s1. The van der Waals surface area contributed by atoms with Crippen molar-refractivity contribution in [2.24, 2.45) is 0 Å². The van der Waals surface area contributed by atoms with Crippen LogP contribution in [0.5, 0.6) is 0 Å². The van der Waals surface area contributed by atoms with Crippen molar-refractivity contribution in [3.05, 3.63) is 65.2 Å². The molecule has 0 radical (unpaired) electrons. The summed E-state index contributed by atoms with van der Waals surface area (Å²) in [7, 11) is 0. The number of benzene rings is 1. The molecule has 4 rings (SSSR count). The SMILES string of the molecule is CCn1nc(C(=O)O)c2c1CC[C@@H](NCc1ccccc1-n1cccn1)C2. The molecular weight excluding hydrogens is 342 g/mol. The zero-order valence-corrected chi connectivity index (χ0v) is 15.3. The summed E-state index contributed by atoms with van der Waals surface area (Å²) in [6.07, 6.45) is 6.22.